The minimum absolute atomic E-state index is 0.00745. The van der Waals surface area contributed by atoms with Crippen LogP contribution in [0.4, 0.5) is 5.69 Å². The van der Waals surface area contributed by atoms with Crippen LogP contribution in [0.3, 0.4) is 0 Å². The minimum Gasteiger partial charge on any atom is -0.325 e. The summed E-state index contributed by atoms with van der Waals surface area (Å²) in [6.45, 7) is 5.93. The number of para-hydroxylation sites is 1. The van der Waals surface area contributed by atoms with Crippen LogP contribution in [0.15, 0.2) is 18.2 Å². The normalized spacial score (nSPS) is 11.6. The first-order valence-corrected chi connectivity index (χ1v) is 5.93. The van der Waals surface area contributed by atoms with Gasteiger partial charge in [-0.15, -0.1) is 12.3 Å². The molecule has 1 amide bonds. The lowest BCUT2D eigenvalue weighted by Crippen LogP contribution is -2.21. The summed E-state index contributed by atoms with van der Waals surface area (Å²) in [5, 5.41) is 2.98. The molecule has 1 rings (SSSR count). The molecule has 1 unspecified atom stereocenters. The van der Waals surface area contributed by atoms with Gasteiger partial charge < -0.3 is 5.32 Å². The Morgan fingerprint density at radius 2 is 2.24 bits per heavy atom. The van der Waals surface area contributed by atoms with Gasteiger partial charge in [-0.25, -0.2) is 0 Å². The summed E-state index contributed by atoms with van der Waals surface area (Å²) in [5.41, 5.74) is 3.18. The van der Waals surface area contributed by atoms with E-state index in [1.807, 2.05) is 32.0 Å². The van der Waals surface area contributed by atoms with Crippen molar-refractivity contribution in [2.45, 2.75) is 33.6 Å². The van der Waals surface area contributed by atoms with Crippen molar-refractivity contribution in [3.63, 3.8) is 0 Å². The van der Waals surface area contributed by atoms with Crippen LogP contribution in [0.5, 0.6) is 0 Å². The van der Waals surface area contributed by atoms with E-state index in [-0.39, 0.29) is 11.8 Å². The van der Waals surface area contributed by atoms with Crippen molar-refractivity contribution in [2.75, 3.05) is 5.32 Å². The molecule has 1 N–H and O–H groups in total. The number of anilines is 1. The molecule has 2 heteroatoms. The lowest BCUT2D eigenvalue weighted by atomic mass is 10.0. The van der Waals surface area contributed by atoms with E-state index in [0.29, 0.717) is 6.42 Å². The summed E-state index contributed by atoms with van der Waals surface area (Å²) in [7, 11) is 0. The van der Waals surface area contributed by atoms with Crippen molar-refractivity contribution in [3.8, 4) is 12.3 Å². The molecule has 1 atom stereocenters. The van der Waals surface area contributed by atoms with Gasteiger partial charge in [-0.05, 0) is 24.5 Å². The largest absolute Gasteiger partial charge is 0.325 e. The van der Waals surface area contributed by atoms with Crippen LogP contribution >= 0.6 is 0 Å². The first kappa shape index (κ1) is 13.3. The topological polar surface area (TPSA) is 29.1 Å². The first-order chi connectivity index (χ1) is 8.10. The summed E-state index contributed by atoms with van der Waals surface area (Å²) < 4.78 is 0. The number of rotatable bonds is 4. The fourth-order valence-corrected chi connectivity index (χ4v) is 1.72. The number of aryl methyl sites for hydroxylation is 2. The molecule has 0 aromatic heterocycles. The van der Waals surface area contributed by atoms with Crippen molar-refractivity contribution in [3.05, 3.63) is 29.3 Å². The van der Waals surface area contributed by atoms with Crippen molar-refractivity contribution < 1.29 is 4.79 Å². The Kier molecular flexibility index (Phi) is 4.78. The predicted octanol–water partition coefficient (Wildman–Crippen LogP) is 3.16. The molecule has 90 valence electrons. The molecule has 0 aliphatic carbocycles. The molecular formula is C15H19NO. The van der Waals surface area contributed by atoms with Gasteiger partial charge in [0.05, 0.1) is 0 Å². The van der Waals surface area contributed by atoms with Gasteiger partial charge >= 0.3 is 0 Å². The minimum atomic E-state index is -0.149. The van der Waals surface area contributed by atoms with Gasteiger partial charge in [0.15, 0.2) is 0 Å². The molecule has 2 nitrogen and oxygen atoms in total. The fraction of sp³-hybridized carbons (Fsp3) is 0.400. The smallest absolute Gasteiger partial charge is 0.228 e. The maximum atomic E-state index is 11.9. The summed E-state index contributed by atoms with van der Waals surface area (Å²) in [6, 6.07) is 6.05. The first-order valence-electron chi connectivity index (χ1n) is 5.93. The zero-order valence-corrected chi connectivity index (χ0v) is 10.7. The van der Waals surface area contributed by atoms with Crippen molar-refractivity contribution >= 4 is 11.6 Å². The van der Waals surface area contributed by atoms with Gasteiger partial charge in [0.25, 0.3) is 0 Å². The molecule has 0 aliphatic rings. The molecule has 1 aromatic carbocycles. The maximum Gasteiger partial charge on any atom is 0.228 e. The number of terminal acetylenes is 1. The zero-order valence-electron chi connectivity index (χ0n) is 10.7. The van der Waals surface area contributed by atoms with Crippen molar-refractivity contribution in [2.24, 2.45) is 5.92 Å². The predicted molar refractivity (Wildman–Crippen MR) is 71.8 cm³/mol. The number of nitrogens with one attached hydrogen (secondary N) is 1. The second kappa shape index (κ2) is 6.10. The van der Waals surface area contributed by atoms with Crippen LogP contribution in [-0.4, -0.2) is 5.91 Å². The Hall–Kier alpha value is -1.75. The molecule has 1 aromatic rings. The van der Waals surface area contributed by atoms with Crippen LogP contribution < -0.4 is 5.32 Å². The van der Waals surface area contributed by atoms with Crippen LogP contribution in [-0.2, 0) is 11.2 Å². The van der Waals surface area contributed by atoms with E-state index in [1.54, 1.807) is 0 Å². The Morgan fingerprint density at radius 3 is 2.82 bits per heavy atom. The molecule has 0 spiro atoms. The highest BCUT2D eigenvalue weighted by molar-refractivity contribution is 5.94. The van der Waals surface area contributed by atoms with Gasteiger partial charge in [0.2, 0.25) is 5.91 Å². The van der Waals surface area contributed by atoms with E-state index < -0.39 is 0 Å². The number of amides is 1. The third kappa shape index (κ3) is 3.35. The van der Waals surface area contributed by atoms with E-state index in [4.69, 9.17) is 6.42 Å². The van der Waals surface area contributed by atoms with E-state index in [9.17, 15) is 4.79 Å². The molecule has 0 fully saturated rings. The number of benzene rings is 1. The molecule has 0 saturated carbocycles. The number of hydrogen-bond acceptors (Lipinski definition) is 1. The van der Waals surface area contributed by atoms with Crippen molar-refractivity contribution in [1.29, 1.82) is 0 Å². The average molecular weight is 229 g/mol. The summed E-state index contributed by atoms with van der Waals surface area (Å²) in [4.78, 5) is 11.9. The Morgan fingerprint density at radius 1 is 1.53 bits per heavy atom. The highest BCUT2D eigenvalue weighted by Crippen LogP contribution is 2.22. The summed E-state index contributed by atoms with van der Waals surface area (Å²) in [5.74, 6) is 2.36. The molecular weight excluding hydrogens is 210 g/mol. The average Bonchev–Trinajstić information content (AvgIpc) is 2.31. The molecule has 0 aliphatic heterocycles. The zero-order chi connectivity index (χ0) is 12.8. The van der Waals surface area contributed by atoms with Crippen molar-refractivity contribution in [1.82, 2.24) is 0 Å². The van der Waals surface area contributed by atoms with Crippen LogP contribution in [0.1, 0.15) is 31.4 Å². The van der Waals surface area contributed by atoms with Crippen LogP contribution in [0, 0.1) is 25.2 Å². The van der Waals surface area contributed by atoms with Crippen LogP contribution in [0.2, 0.25) is 0 Å². The van der Waals surface area contributed by atoms with Gasteiger partial charge in [-0.3, -0.25) is 4.79 Å². The lowest BCUT2D eigenvalue weighted by molar-refractivity contribution is -0.119. The second-order valence-electron chi connectivity index (χ2n) is 4.26. The molecule has 0 saturated heterocycles. The highest BCUT2D eigenvalue weighted by atomic mass is 16.1. The Labute approximate surface area is 103 Å². The van der Waals surface area contributed by atoms with Crippen LogP contribution in [0.25, 0.3) is 0 Å². The van der Waals surface area contributed by atoms with Gasteiger partial charge in [0, 0.05) is 18.0 Å². The maximum absolute atomic E-state index is 11.9. The highest BCUT2D eigenvalue weighted by Gasteiger charge is 2.14. The Bertz CT molecular complexity index is 443. The Balaban J connectivity index is 2.88. The standard InChI is InChI=1S/C15H19NO/c1-5-8-12(4)15(17)16-14-11(3)9-7-10-13(14)6-2/h1,7,9-10,12H,6,8H2,2-4H3,(H,16,17). The van der Waals surface area contributed by atoms with E-state index in [2.05, 4.69) is 18.2 Å². The third-order valence-corrected chi connectivity index (χ3v) is 2.86. The number of carbonyl (C=O) groups excluding carboxylic acids is 1. The second-order valence-corrected chi connectivity index (χ2v) is 4.26. The number of carbonyl (C=O) groups is 1. The SMILES string of the molecule is C#CCC(C)C(=O)Nc1c(C)cccc1CC. The molecule has 0 bridgehead atoms. The van der Waals surface area contributed by atoms with Gasteiger partial charge in [-0.1, -0.05) is 32.0 Å². The molecule has 0 radical (unpaired) electrons. The van der Waals surface area contributed by atoms with E-state index in [1.165, 1.54) is 0 Å². The number of hydrogen-bond donors (Lipinski definition) is 1. The quantitative estimate of drug-likeness (QED) is 0.789. The third-order valence-electron chi connectivity index (χ3n) is 2.86. The fourth-order valence-electron chi connectivity index (χ4n) is 1.72. The summed E-state index contributed by atoms with van der Waals surface area (Å²) >= 11 is 0. The van der Waals surface area contributed by atoms with Gasteiger partial charge in [-0.2, -0.15) is 0 Å². The molecule has 0 heterocycles. The lowest BCUT2D eigenvalue weighted by Gasteiger charge is -2.15. The monoisotopic (exact) mass is 229 g/mol. The van der Waals surface area contributed by atoms with E-state index in [0.717, 1.165) is 23.2 Å². The summed E-state index contributed by atoms with van der Waals surface area (Å²) in [6.07, 6.45) is 6.59. The van der Waals surface area contributed by atoms with E-state index >= 15 is 0 Å². The molecule has 17 heavy (non-hydrogen) atoms. The van der Waals surface area contributed by atoms with Gasteiger partial charge in [0.1, 0.15) is 0 Å².